The van der Waals surface area contributed by atoms with Gasteiger partial charge in [0.15, 0.2) is 5.78 Å². The number of rotatable bonds is 7. The Balaban J connectivity index is 2.69. The van der Waals surface area contributed by atoms with Crippen LogP contribution in [0.1, 0.15) is 26.3 Å². The van der Waals surface area contributed by atoms with Gasteiger partial charge in [0.25, 0.3) is 0 Å². The first-order valence-electron chi connectivity index (χ1n) is 6.44. The molecule has 0 unspecified atom stereocenters. The summed E-state index contributed by atoms with van der Waals surface area (Å²) in [6, 6.07) is 8.24. The SMILES string of the molecule is CCN/C(=C\C(C)=O)CNc1ccccc1CC. The lowest BCUT2D eigenvalue weighted by Crippen LogP contribution is -2.21. The van der Waals surface area contributed by atoms with Gasteiger partial charge in [-0.1, -0.05) is 25.1 Å². The van der Waals surface area contributed by atoms with Gasteiger partial charge in [0, 0.05) is 24.0 Å². The number of aryl methyl sites for hydroxylation is 1. The summed E-state index contributed by atoms with van der Waals surface area (Å²) in [5.74, 6) is 0.0662. The minimum absolute atomic E-state index is 0.0662. The molecular formula is C15H22N2O. The zero-order valence-electron chi connectivity index (χ0n) is 11.4. The number of carbonyl (C=O) groups is 1. The summed E-state index contributed by atoms with van der Waals surface area (Å²) in [6.07, 6.45) is 2.64. The summed E-state index contributed by atoms with van der Waals surface area (Å²) < 4.78 is 0. The second kappa shape index (κ2) is 7.54. The van der Waals surface area contributed by atoms with E-state index in [2.05, 4.69) is 29.7 Å². The van der Waals surface area contributed by atoms with E-state index >= 15 is 0 Å². The first-order chi connectivity index (χ1) is 8.67. The number of likely N-dealkylation sites (N-methyl/N-ethyl adjacent to an activating group) is 1. The number of hydrogen-bond acceptors (Lipinski definition) is 3. The third kappa shape index (κ3) is 4.62. The van der Waals surface area contributed by atoms with E-state index in [1.54, 1.807) is 13.0 Å². The molecule has 0 radical (unpaired) electrons. The van der Waals surface area contributed by atoms with Crippen LogP contribution < -0.4 is 10.6 Å². The highest BCUT2D eigenvalue weighted by atomic mass is 16.1. The second-order valence-corrected chi connectivity index (χ2v) is 4.17. The van der Waals surface area contributed by atoms with Gasteiger partial charge in [0.2, 0.25) is 0 Å². The van der Waals surface area contributed by atoms with Crippen molar-refractivity contribution in [1.82, 2.24) is 5.32 Å². The third-order valence-corrected chi connectivity index (χ3v) is 2.65. The van der Waals surface area contributed by atoms with Gasteiger partial charge in [-0.15, -0.1) is 0 Å². The molecule has 0 aromatic heterocycles. The van der Waals surface area contributed by atoms with Gasteiger partial charge in [-0.3, -0.25) is 4.79 Å². The van der Waals surface area contributed by atoms with Crippen LogP contribution in [0.25, 0.3) is 0 Å². The lowest BCUT2D eigenvalue weighted by molar-refractivity contribution is -0.112. The molecule has 0 aliphatic heterocycles. The normalized spacial score (nSPS) is 11.2. The highest BCUT2D eigenvalue weighted by molar-refractivity contribution is 5.88. The third-order valence-electron chi connectivity index (χ3n) is 2.65. The Morgan fingerprint density at radius 1 is 1.28 bits per heavy atom. The smallest absolute Gasteiger partial charge is 0.154 e. The van der Waals surface area contributed by atoms with E-state index in [1.807, 2.05) is 19.1 Å². The molecule has 18 heavy (non-hydrogen) atoms. The van der Waals surface area contributed by atoms with Crippen molar-refractivity contribution in [3.63, 3.8) is 0 Å². The summed E-state index contributed by atoms with van der Waals surface area (Å²) in [5.41, 5.74) is 3.35. The van der Waals surface area contributed by atoms with Gasteiger partial charge < -0.3 is 10.6 Å². The minimum Gasteiger partial charge on any atom is -0.387 e. The van der Waals surface area contributed by atoms with Crippen molar-refractivity contribution in [2.75, 3.05) is 18.4 Å². The number of nitrogens with one attached hydrogen (secondary N) is 2. The standard InChI is InChI=1S/C15H22N2O/c1-4-13-8-6-7-9-15(13)17-11-14(16-5-2)10-12(3)18/h6-10,16-17H,4-5,11H2,1-3H3/b14-10-. The predicted molar refractivity (Wildman–Crippen MR) is 76.8 cm³/mol. The van der Waals surface area contributed by atoms with E-state index in [0.29, 0.717) is 6.54 Å². The van der Waals surface area contributed by atoms with Gasteiger partial charge >= 0.3 is 0 Å². The highest BCUT2D eigenvalue weighted by Crippen LogP contribution is 2.15. The van der Waals surface area contributed by atoms with Gasteiger partial charge in [0.1, 0.15) is 0 Å². The van der Waals surface area contributed by atoms with Crippen molar-refractivity contribution in [3.05, 3.63) is 41.6 Å². The number of allylic oxidation sites excluding steroid dienone is 1. The maximum absolute atomic E-state index is 11.1. The van der Waals surface area contributed by atoms with Crippen LogP contribution in [0.5, 0.6) is 0 Å². The lowest BCUT2D eigenvalue weighted by Gasteiger charge is -2.13. The van der Waals surface area contributed by atoms with Gasteiger partial charge in [-0.2, -0.15) is 0 Å². The molecule has 0 bridgehead atoms. The molecule has 3 nitrogen and oxygen atoms in total. The van der Waals surface area contributed by atoms with Crippen molar-refractivity contribution >= 4 is 11.5 Å². The molecule has 0 heterocycles. The molecule has 3 heteroatoms. The fourth-order valence-corrected chi connectivity index (χ4v) is 1.83. The fourth-order valence-electron chi connectivity index (χ4n) is 1.83. The maximum Gasteiger partial charge on any atom is 0.154 e. The number of hydrogen-bond donors (Lipinski definition) is 2. The monoisotopic (exact) mass is 246 g/mol. The Bertz CT molecular complexity index is 424. The largest absolute Gasteiger partial charge is 0.387 e. The van der Waals surface area contributed by atoms with Crippen molar-refractivity contribution in [1.29, 1.82) is 0 Å². The Kier molecular flexibility index (Phi) is 5.98. The van der Waals surface area contributed by atoms with Crippen LogP contribution in [0.2, 0.25) is 0 Å². The van der Waals surface area contributed by atoms with E-state index < -0.39 is 0 Å². The summed E-state index contributed by atoms with van der Waals surface area (Å²) in [4.78, 5) is 11.1. The number of para-hydroxylation sites is 1. The summed E-state index contributed by atoms with van der Waals surface area (Å²) in [6.45, 7) is 7.18. The highest BCUT2D eigenvalue weighted by Gasteiger charge is 2.01. The van der Waals surface area contributed by atoms with Crippen LogP contribution >= 0.6 is 0 Å². The molecule has 0 saturated heterocycles. The molecule has 0 aliphatic carbocycles. The molecule has 98 valence electrons. The summed E-state index contributed by atoms with van der Waals surface area (Å²) in [5, 5.41) is 6.57. The molecule has 0 spiro atoms. The van der Waals surface area contributed by atoms with Crippen LogP contribution in [0, 0.1) is 0 Å². The van der Waals surface area contributed by atoms with Crippen molar-refractivity contribution < 1.29 is 4.79 Å². The zero-order valence-corrected chi connectivity index (χ0v) is 11.4. The minimum atomic E-state index is 0.0662. The Morgan fingerprint density at radius 3 is 2.61 bits per heavy atom. The van der Waals surface area contributed by atoms with Crippen molar-refractivity contribution in [2.45, 2.75) is 27.2 Å². The van der Waals surface area contributed by atoms with Gasteiger partial charge in [-0.05, 0) is 31.9 Å². The maximum atomic E-state index is 11.1. The van der Waals surface area contributed by atoms with Gasteiger partial charge in [-0.25, -0.2) is 0 Å². The fraction of sp³-hybridized carbons (Fsp3) is 0.400. The number of benzene rings is 1. The summed E-state index contributed by atoms with van der Waals surface area (Å²) in [7, 11) is 0. The van der Waals surface area contributed by atoms with Crippen molar-refractivity contribution in [3.8, 4) is 0 Å². The molecule has 2 N–H and O–H groups in total. The first kappa shape index (κ1) is 14.3. The Morgan fingerprint density at radius 2 is 2.00 bits per heavy atom. The first-order valence-corrected chi connectivity index (χ1v) is 6.44. The quantitative estimate of drug-likeness (QED) is 0.727. The topological polar surface area (TPSA) is 41.1 Å². The number of anilines is 1. The molecule has 1 rings (SSSR count). The molecule has 0 saturated carbocycles. The Hall–Kier alpha value is -1.77. The van der Waals surface area contributed by atoms with Crippen LogP contribution in [0.4, 0.5) is 5.69 Å². The molecule has 0 amide bonds. The van der Waals surface area contributed by atoms with Crippen molar-refractivity contribution in [2.24, 2.45) is 0 Å². The second-order valence-electron chi connectivity index (χ2n) is 4.17. The molecular weight excluding hydrogens is 224 g/mol. The van der Waals surface area contributed by atoms with Crippen LogP contribution in [0.3, 0.4) is 0 Å². The van der Waals surface area contributed by atoms with Crippen LogP contribution in [-0.4, -0.2) is 18.9 Å². The lowest BCUT2D eigenvalue weighted by atomic mass is 10.1. The predicted octanol–water partition coefficient (Wildman–Crippen LogP) is 2.74. The van der Waals surface area contributed by atoms with Gasteiger partial charge in [0.05, 0.1) is 6.54 Å². The van der Waals surface area contributed by atoms with E-state index in [1.165, 1.54) is 5.56 Å². The molecule has 0 atom stereocenters. The van der Waals surface area contributed by atoms with E-state index in [4.69, 9.17) is 0 Å². The van der Waals surface area contributed by atoms with E-state index in [9.17, 15) is 4.79 Å². The molecule has 1 aromatic rings. The average molecular weight is 246 g/mol. The Labute approximate surface area is 109 Å². The summed E-state index contributed by atoms with van der Waals surface area (Å²) >= 11 is 0. The van der Waals surface area contributed by atoms with E-state index in [-0.39, 0.29) is 5.78 Å². The average Bonchev–Trinajstić information content (AvgIpc) is 2.36. The van der Waals surface area contributed by atoms with E-state index in [0.717, 1.165) is 24.4 Å². The number of carbonyl (C=O) groups excluding carboxylic acids is 1. The molecule has 1 aromatic carbocycles. The van der Waals surface area contributed by atoms with Crippen LogP contribution in [0.15, 0.2) is 36.0 Å². The molecule has 0 aliphatic rings. The molecule has 0 fully saturated rings. The zero-order chi connectivity index (χ0) is 13.4. The van der Waals surface area contributed by atoms with Crippen LogP contribution in [-0.2, 0) is 11.2 Å². The number of ketones is 1.